The summed E-state index contributed by atoms with van der Waals surface area (Å²) >= 11 is 0. The zero-order chi connectivity index (χ0) is 23.5. The van der Waals surface area contributed by atoms with E-state index >= 15 is 0 Å². The molecule has 3 N–H and O–H groups in total. The number of hydrogen-bond donors (Lipinski definition) is 3. The average Bonchev–Trinajstić information content (AvgIpc) is 3.08. The molecule has 0 aromatic carbocycles. The van der Waals surface area contributed by atoms with Gasteiger partial charge in [-0.2, -0.15) is 0 Å². The molecule has 4 nitrogen and oxygen atoms in total. The van der Waals surface area contributed by atoms with Gasteiger partial charge in [0, 0.05) is 22.3 Å². The largest absolute Gasteiger partial charge is 0.393 e. The zero-order valence-electron chi connectivity index (χ0n) is 21.1. The molecule has 0 heterocycles. The number of aliphatic hydroxyl groups is 3. The molecule has 4 aliphatic carbocycles. The van der Waals surface area contributed by atoms with Crippen molar-refractivity contribution in [1.82, 2.24) is 0 Å². The highest BCUT2D eigenvalue weighted by atomic mass is 31.0. The maximum Gasteiger partial charge on any atom is 0.162 e. The van der Waals surface area contributed by atoms with E-state index < -0.39 is 5.79 Å². The van der Waals surface area contributed by atoms with Gasteiger partial charge in [0.2, 0.25) is 0 Å². The molecule has 4 unspecified atom stereocenters. The van der Waals surface area contributed by atoms with E-state index in [9.17, 15) is 15.3 Å². The standard InChI is InChI=1S/C27H49O4P/c1-16(2)22(28)9-6-17(3)19-7-8-20-24-21(10-11-26(19,20)5)25(4)12-13-27(29,30)15-18(25)14-23(24)31-32/h16-24,28-30H,6-15,32H2,1-5H3/t17-,18+,19-,20?,21?,22-,23-,24?,25+,26-/m1/s1. The van der Waals surface area contributed by atoms with Crippen LogP contribution < -0.4 is 0 Å². The van der Waals surface area contributed by atoms with Gasteiger partial charge in [-0.15, -0.1) is 0 Å². The van der Waals surface area contributed by atoms with Gasteiger partial charge in [-0.25, -0.2) is 0 Å². The van der Waals surface area contributed by atoms with Crippen LogP contribution in [0.4, 0.5) is 0 Å². The molecule has 0 bridgehead atoms. The van der Waals surface area contributed by atoms with Crippen LogP contribution in [0.25, 0.3) is 0 Å². The van der Waals surface area contributed by atoms with Gasteiger partial charge in [0.25, 0.3) is 0 Å². The average molecular weight is 469 g/mol. The van der Waals surface area contributed by atoms with Gasteiger partial charge in [0.1, 0.15) is 0 Å². The third kappa shape index (κ3) is 4.23. The summed E-state index contributed by atoms with van der Waals surface area (Å²) in [7, 11) is 2.55. The van der Waals surface area contributed by atoms with Crippen LogP contribution in [-0.4, -0.2) is 33.3 Å². The predicted molar refractivity (Wildman–Crippen MR) is 132 cm³/mol. The number of fused-ring (bicyclic) bond motifs is 5. The Balaban J connectivity index is 1.53. The molecular weight excluding hydrogens is 419 g/mol. The van der Waals surface area contributed by atoms with E-state index in [1.165, 1.54) is 25.7 Å². The SMILES string of the molecule is CC(C)[C@H](O)CC[C@@H](C)[C@H]1CCC2C3C(CC[C@@]21C)[C@@]1(C)CCC(O)(O)C[C@@H]1C[C@H]3OP. The molecule has 186 valence electrons. The van der Waals surface area contributed by atoms with E-state index in [1.807, 2.05) is 0 Å². The quantitative estimate of drug-likeness (QED) is 0.353. The Hall–Kier alpha value is 0.270. The third-order valence-electron chi connectivity index (χ3n) is 11.3. The molecule has 0 aromatic rings. The number of hydrogen-bond acceptors (Lipinski definition) is 4. The Morgan fingerprint density at radius 3 is 2.28 bits per heavy atom. The van der Waals surface area contributed by atoms with Crippen molar-refractivity contribution < 1.29 is 19.8 Å². The molecule has 0 amide bonds. The van der Waals surface area contributed by atoms with Crippen LogP contribution in [0.3, 0.4) is 0 Å². The summed E-state index contributed by atoms with van der Waals surface area (Å²) < 4.78 is 6.10. The van der Waals surface area contributed by atoms with Crippen molar-refractivity contribution in [2.24, 2.45) is 52.3 Å². The van der Waals surface area contributed by atoms with Crippen LogP contribution in [0, 0.1) is 52.3 Å². The molecule has 0 saturated heterocycles. The molecule has 0 radical (unpaired) electrons. The lowest BCUT2D eigenvalue weighted by atomic mass is 9.43. The van der Waals surface area contributed by atoms with Crippen molar-refractivity contribution in [3.8, 4) is 0 Å². The lowest BCUT2D eigenvalue weighted by Gasteiger charge is -2.63. The topological polar surface area (TPSA) is 69.9 Å². The normalized spacial score (nSPS) is 47.4. The lowest BCUT2D eigenvalue weighted by Crippen LogP contribution is -2.60. The molecule has 0 spiro atoms. The molecule has 11 atom stereocenters. The predicted octanol–water partition coefficient (Wildman–Crippen LogP) is 5.54. The molecular formula is C27H49O4P. The summed E-state index contributed by atoms with van der Waals surface area (Å²) in [5, 5.41) is 31.1. The molecule has 32 heavy (non-hydrogen) atoms. The number of aliphatic hydroxyl groups excluding tert-OH is 1. The summed E-state index contributed by atoms with van der Waals surface area (Å²) in [5.41, 5.74) is 0.562. The Labute approximate surface area is 198 Å². The first-order valence-electron chi connectivity index (χ1n) is 13.4. The first-order chi connectivity index (χ1) is 14.9. The second kappa shape index (κ2) is 9.05. The van der Waals surface area contributed by atoms with Crippen LogP contribution >= 0.6 is 9.47 Å². The summed E-state index contributed by atoms with van der Waals surface area (Å²) in [6, 6.07) is 0. The Bertz CT molecular complexity index is 668. The fraction of sp³-hybridized carbons (Fsp3) is 1.00. The van der Waals surface area contributed by atoms with Gasteiger partial charge in [0.15, 0.2) is 5.79 Å². The molecule has 5 heteroatoms. The second-order valence-corrected chi connectivity index (χ2v) is 13.5. The van der Waals surface area contributed by atoms with Crippen molar-refractivity contribution in [2.45, 2.75) is 117 Å². The highest BCUT2D eigenvalue weighted by Crippen LogP contribution is 2.69. The Morgan fingerprint density at radius 1 is 0.938 bits per heavy atom. The minimum Gasteiger partial charge on any atom is -0.393 e. The van der Waals surface area contributed by atoms with Crippen LogP contribution in [0.15, 0.2) is 0 Å². The first-order valence-corrected chi connectivity index (χ1v) is 13.9. The van der Waals surface area contributed by atoms with Gasteiger partial charge >= 0.3 is 0 Å². The monoisotopic (exact) mass is 468 g/mol. The molecule has 4 rings (SSSR count). The van der Waals surface area contributed by atoms with Crippen LogP contribution in [0.5, 0.6) is 0 Å². The Kier molecular flexibility index (Phi) is 7.17. The third-order valence-corrected chi connectivity index (χ3v) is 11.7. The van der Waals surface area contributed by atoms with E-state index in [2.05, 4.69) is 44.1 Å². The zero-order valence-corrected chi connectivity index (χ0v) is 22.2. The van der Waals surface area contributed by atoms with E-state index in [4.69, 9.17) is 4.52 Å². The fourth-order valence-electron chi connectivity index (χ4n) is 9.25. The van der Waals surface area contributed by atoms with Gasteiger partial charge in [-0.05, 0) is 104 Å². The van der Waals surface area contributed by atoms with Crippen molar-refractivity contribution in [3.63, 3.8) is 0 Å². The second-order valence-electron chi connectivity index (χ2n) is 13.2. The van der Waals surface area contributed by atoms with Crippen molar-refractivity contribution in [1.29, 1.82) is 0 Å². The Morgan fingerprint density at radius 2 is 1.62 bits per heavy atom. The summed E-state index contributed by atoms with van der Waals surface area (Å²) in [5.74, 6) is 2.45. The molecule has 0 aliphatic heterocycles. The van der Waals surface area contributed by atoms with Crippen LogP contribution in [0.1, 0.15) is 98.8 Å². The van der Waals surface area contributed by atoms with Gasteiger partial charge in [-0.3, -0.25) is 0 Å². The minimum atomic E-state index is -1.50. The lowest BCUT2D eigenvalue weighted by molar-refractivity contribution is -0.243. The van der Waals surface area contributed by atoms with Gasteiger partial charge in [-0.1, -0.05) is 34.6 Å². The molecule has 4 saturated carbocycles. The minimum absolute atomic E-state index is 0.181. The smallest absolute Gasteiger partial charge is 0.162 e. The van der Waals surface area contributed by atoms with Crippen molar-refractivity contribution >= 4 is 9.47 Å². The molecule has 0 aromatic heterocycles. The highest BCUT2D eigenvalue weighted by Gasteiger charge is 2.64. The summed E-state index contributed by atoms with van der Waals surface area (Å²) in [6.07, 6.45) is 10.1. The van der Waals surface area contributed by atoms with Gasteiger partial charge < -0.3 is 19.8 Å². The fourth-order valence-corrected chi connectivity index (χ4v) is 9.55. The van der Waals surface area contributed by atoms with E-state index in [-0.39, 0.29) is 17.6 Å². The van der Waals surface area contributed by atoms with Crippen molar-refractivity contribution in [3.05, 3.63) is 0 Å². The highest BCUT2D eigenvalue weighted by molar-refractivity contribution is 7.09. The molecule has 4 aliphatic rings. The number of rotatable bonds is 6. The molecule has 4 fully saturated rings. The van der Waals surface area contributed by atoms with E-state index in [0.29, 0.717) is 53.8 Å². The summed E-state index contributed by atoms with van der Waals surface area (Å²) in [4.78, 5) is 0. The van der Waals surface area contributed by atoms with Crippen LogP contribution in [0.2, 0.25) is 0 Å². The van der Waals surface area contributed by atoms with Crippen molar-refractivity contribution in [2.75, 3.05) is 0 Å². The van der Waals surface area contributed by atoms with Crippen LogP contribution in [-0.2, 0) is 4.52 Å². The van der Waals surface area contributed by atoms with Gasteiger partial charge in [0.05, 0.1) is 12.2 Å². The maximum absolute atomic E-state index is 10.4. The summed E-state index contributed by atoms with van der Waals surface area (Å²) in [6.45, 7) is 11.7. The maximum atomic E-state index is 10.4. The van der Waals surface area contributed by atoms with E-state index in [0.717, 1.165) is 31.6 Å². The first kappa shape index (κ1) is 25.4. The van der Waals surface area contributed by atoms with E-state index in [1.54, 1.807) is 0 Å².